The van der Waals surface area contributed by atoms with Crippen molar-refractivity contribution in [2.24, 2.45) is 0 Å². The summed E-state index contributed by atoms with van der Waals surface area (Å²) in [5.41, 5.74) is 14.9. The molecule has 0 bridgehead atoms. The molecule has 2 radical (unpaired) electrons. The molecule has 0 N–H and O–H groups in total. The number of rotatable bonds is 4. The molecule has 0 saturated carbocycles. The number of aromatic nitrogens is 6. The number of isothiocyanates is 4. The van der Waals surface area contributed by atoms with Crippen LogP contribution in [0.1, 0.15) is 158 Å². The molecule has 0 atom stereocenters. The summed E-state index contributed by atoms with van der Waals surface area (Å²) in [6.45, 7) is 40.0. The third-order valence-corrected chi connectivity index (χ3v) is 10.9. The third kappa shape index (κ3) is 23.8. The van der Waals surface area contributed by atoms with Crippen molar-refractivity contribution in [3.63, 3.8) is 0 Å². The van der Waals surface area contributed by atoms with E-state index in [1.165, 1.54) is 54.0 Å². The first-order valence-electron chi connectivity index (χ1n) is 23.1. The van der Waals surface area contributed by atoms with E-state index in [1.807, 2.05) is 24.8 Å². The monoisotopic (exact) mass is 1160 g/mol. The molecule has 74 heavy (non-hydrogen) atoms. The normalized spacial score (nSPS) is 10.8. The van der Waals surface area contributed by atoms with Gasteiger partial charge in [0.15, 0.2) is 0 Å². The molecule has 6 rings (SSSR count). The van der Waals surface area contributed by atoms with Gasteiger partial charge in [0.05, 0.1) is 45.6 Å². The maximum atomic E-state index is 7.13. The van der Waals surface area contributed by atoms with Crippen LogP contribution in [0.2, 0.25) is 0 Å². The van der Waals surface area contributed by atoms with Gasteiger partial charge in [-0.3, -0.25) is 19.9 Å². The van der Waals surface area contributed by atoms with Crippen LogP contribution < -0.4 is 0 Å². The molecule has 0 spiro atoms. The van der Waals surface area contributed by atoms with Gasteiger partial charge in [-0.1, -0.05) is 173 Å². The van der Waals surface area contributed by atoms with Crippen LogP contribution in [0.5, 0.6) is 0 Å². The average Bonchev–Trinajstić information content (AvgIpc) is 3.28. The zero-order valence-electron chi connectivity index (χ0n) is 45.9. The van der Waals surface area contributed by atoms with E-state index in [9.17, 15) is 0 Å². The minimum Gasteiger partial charge on any atom is -0.753 e. The largest absolute Gasteiger partial charge is 2.00 e. The molecule has 0 amide bonds. The Kier molecular flexibility index (Phi) is 30.1. The quantitative estimate of drug-likeness (QED) is 0.0941. The zero-order valence-corrected chi connectivity index (χ0v) is 51.1. The second-order valence-electron chi connectivity index (χ2n) is 22.8. The summed E-state index contributed by atoms with van der Waals surface area (Å²) in [5.74, 6) is 0. The number of hydrogen-bond acceptors (Lipinski definition) is 10. The van der Waals surface area contributed by atoms with Crippen LogP contribution in [0, 0.1) is 0 Å². The van der Waals surface area contributed by atoms with E-state index in [0.29, 0.717) is 0 Å². The maximum absolute atomic E-state index is 7.13. The molecule has 6 aromatic heterocycles. The van der Waals surface area contributed by atoms with Crippen molar-refractivity contribution < 1.29 is 34.1 Å². The Morgan fingerprint density at radius 3 is 0.554 bits per heavy atom. The minimum absolute atomic E-state index is 0. The fraction of sp³-hybridized carbons (Fsp3) is 0.414. The molecule has 0 saturated heterocycles. The van der Waals surface area contributed by atoms with Gasteiger partial charge in [-0.2, -0.15) is 20.6 Å². The first-order valence-corrected chi connectivity index (χ1v) is 24.8. The number of nitrogens with zero attached hydrogens (tertiary/aromatic N) is 10. The van der Waals surface area contributed by atoms with Crippen LogP contribution in [-0.4, -0.2) is 50.5 Å². The van der Waals surface area contributed by atoms with Gasteiger partial charge in [-0.05, 0) is 139 Å². The second kappa shape index (κ2) is 31.3. The predicted octanol–water partition coefficient (Wildman–Crippen LogP) is 16.8. The molecule has 10 nitrogen and oxygen atoms in total. The molecule has 0 aliphatic rings. The van der Waals surface area contributed by atoms with E-state index in [4.69, 9.17) is 31.6 Å². The van der Waals surface area contributed by atoms with Gasteiger partial charge in [0.25, 0.3) is 0 Å². The van der Waals surface area contributed by atoms with Crippen LogP contribution in [0.15, 0.2) is 97.6 Å². The summed E-state index contributed by atoms with van der Waals surface area (Å²) in [5, 5.41) is 33.9. The molecular weight excluding hydrogens is 1090 g/mol. The predicted molar refractivity (Wildman–Crippen MR) is 317 cm³/mol. The summed E-state index contributed by atoms with van der Waals surface area (Å²) < 4.78 is 0. The number of pyridine rings is 6. The number of thiocarbonyl (C=S) groups is 4. The van der Waals surface area contributed by atoms with Gasteiger partial charge in [-0.15, -0.1) is 0 Å². The maximum Gasteiger partial charge on any atom is 2.00 e. The summed E-state index contributed by atoms with van der Waals surface area (Å²) >= 11 is 14.8. The Labute approximate surface area is 485 Å². The topological polar surface area (TPSA) is 167 Å². The van der Waals surface area contributed by atoms with Crippen LogP contribution in [0.3, 0.4) is 0 Å². The zero-order chi connectivity index (χ0) is 55.5. The Morgan fingerprint density at radius 2 is 0.419 bits per heavy atom. The molecule has 6 aromatic rings. The molecule has 6 heterocycles. The van der Waals surface area contributed by atoms with Crippen molar-refractivity contribution in [1.29, 1.82) is 0 Å². The van der Waals surface area contributed by atoms with Crippen LogP contribution in [0.4, 0.5) is 0 Å². The van der Waals surface area contributed by atoms with Crippen molar-refractivity contribution in [3.8, 4) is 45.6 Å². The van der Waals surface area contributed by atoms with E-state index in [2.05, 4.69) is 266 Å². The molecule has 0 fully saturated rings. The van der Waals surface area contributed by atoms with E-state index in [1.54, 1.807) is 0 Å². The van der Waals surface area contributed by atoms with E-state index < -0.39 is 0 Å². The van der Waals surface area contributed by atoms with Gasteiger partial charge >= 0.3 is 34.1 Å². The summed E-state index contributed by atoms with van der Waals surface area (Å²) in [6, 6.07) is 25.7. The van der Waals surface area contributed by atoms with Crippen molar-refractivity contribution in [3.05, 3.63) is 153 Å². The molecule has 0 aliphatic heterocycles. The number of hydrogen-bond donors (Lipinski definition) is 0. The van der Waals surface area contributed by atoms with Crippen LogP contribution in [-0.2, 0) is 66.6 Å². The van der Waals surface area contributed by atoms with E-state index >= 15 is 0 Å². The van der Waals surface area contributed by atoms with Crippen LogP contribution in [0.25, 0.3) is 67.2 Å². The third-order valence-electron chi connectivity index (χ3n) is 10.9. The Bertz CT molecular complexity index is 2500. The smallest absolute Gasteiger partial charge is 0.753 e. The SMILES string of the molecule is CC(C)(C)c1ccnc(-c2cc(C(C)(C)C)cc(-c3cc(C(C)(C)C)ccn3)n2)c1.CC(C)(C)c1ccnc(-c2cc(C(C)(C)C)cc(-c3cc(C(C)(C)C)ccn3)n2)c1.[Cu+2].[Cu+2].[N-]=C=S.[N-]=C=S.[N-]=C=S.[N-]=C=S. The van der Waals surface area contributed by atoms with Gasteiger partial charge in [0.2, 0.25) is 0 Å². The van der Waals surface area contributed by atoms with Crippen molar-refractivity contribution in [2.45, 2.75) is 157 Å². The first-order chi connectivity index (χ1) is 33.2. The molecule has 0 aliphatic carbocycles. The van der Waals surface area contributed by atoms with Crippen molar-refractivity contribution in [1.82, 2.24) is 29.9 Å². The van der Waals surface area contributed by atoms with Gasteiger partial charge < -0.3 is 21.6 Å². The Morgan fingerprint density at radius 1 is 0.284 bits per heavy atom. The van der Waals surface area contributed by atoms with Gasteiger partial charge in [-0.25, -0.2) is 9.97 Å². The minimum atomic E-state index is -0.00425. The molecule has 16 heteroatoms. The molecule has 0 aromatic carbocycles. The van der Waals surface area contributed by atoms with Crippen molar-refractivity contribution >= 4 is 69.5 Å². The summed E-state index contributed by atoms with van der Waals surface area (Å²) in [4.78, 5) is 28.6. The summed E-state index contributed by atoms with van der Waals surface area (Å²) in [7, 11) is 0. The van der Waals surface area contributed by atoms with Gasteiger partial charge in [0.1, 0.15) is 0 Å². The fourth-order valence-electron chi connectivity index (χ4n) is 6.60. The van der Waals surface area contributed by atoms with E-state index in [0.717, 1.165) is 45.6 Å². The van der Waals surface area contributed by atoms with Gasteiger partial charge in [0, 0.05) is 24.8 Å². The molecular formula is C58H70Cu2N10S4. The molecule has 398 valence electrons. The molecule has 0 unspecified atom stereocenters. The van der Waals surface area contributed by atoms with Crippen molar-refractivity contribution in [2.75, 3.05) is 0 Å². The first kappa shape index (κ1) is 71.2. The van der Waals surface area contributed by atoms with E-state index in [-0.39, 0.29) is 66.6 Å². The standard InChI is InChI=1S/2C27H35N3.4CNS.2Cu/c2*1-25(2,3)18-10-12-28-21(14-18)23-16-20(27(7,8)9)17-24(30-23)22-15-19(11-13-29-22)26(4,5)6;4*2-1-3;;/h2*10-17H,1-9H3;;;;;;/q;;4*-1;2*+2. The average molecular weight is 1160 g/mol. The second-order valence-corrected chi connectivity index (χ2v) is 23.6. The summed E-state index contributed by atoms with van der Waals surface area (Å²) in [6.07, 6.45) is 7.55. The Balaban J connectivity index is 0. The Hall–Kier alpha value is -4.86. The van der Waals surface area contributed by atoms with Crippen LogP contribution >= 0.6 is 48.9 Å². The fourth-order valence-corrected chi connectivity index (χ4v) is 6.60.